The maximum absolute atomic E-state index is 13.4. The number of hydrogen-bond acceptors (Lipinski definition) is 5. The van der Waals surface area contributed by atoms with E-state index in [1.165, 1.54) is 29.4 Å². The predicted molar refractivity (Wildman–Crippen MR) is 120 cm³/mol. The number of benzene rings is 3. The highest BCUT2D eigenvalue weighted by Gasteiger charge is 2.22. The van der Waals surface area contributed by atoms with Crippen molar-refractivity contribution in [1.82, 2.24) is 3.97 Å². The first kappa shape index (κ1) is 21.5. The van der Waals surface area contributed by atoms with E-state index in [4.69, 9.17) is 14.6 Å². The van der Waals surface area contributed by atoms with Crippen LogP contribution in [0.2, 0.25) is 0 Å². The van der Waals surface area contributed by atoms with Crippen LogP contribution in [0.5, 0.6) is 17.2 Å². The Morgan fingerprint density at radius 2 is 1.59 bits per heavy atom. The Bertz CT molecular complexity index is 1360. The lowest BCUT2D eigenvalue weighted by Crippen LogP contribution is -2.11. The smallest absolute Gasteiger partial charge is 0.303 e. The summed E-state index contributed by atoms with van der Waals surface area (Å²) >= 11 is 0. The fourth-order valence-corrected chi connectivity index (χ4v) is 4.82. The summed E-state index contributed by atoms with van der Waals surface area (Å²) in [5.41, 5.74) is 1.07. The molecule has 3 aromatic carbocycles. The molecule has 0 saturated heterocycles. The summed E-state index contributed by atoms with van der Waals surface area (Å²) in [7, 11) is -2.40. The van der Waals surface area contributed by atoms with Gasteiger partial charge in [-0.1, -0.05) is 18.2 Å². The van der Waals surface area contributed by atoms with Crippen LogP contribution < -0.4 is 9.47 Å². The van der Waals surface area contributed by atoms with Gasteiger partial charge in [0.25, 0.3) is 10.0 Å². The normalized spacial score (nSPS) is 11.4. The van der Waals surface area contributed by atoms with Gasteiger partial charge in [-0.3, -0.25) is 4.79 Å². The lowest BCUT2D eigenvalue weighted by atomic mass is 10.1. The van der Waals surface area contributed by atoms with Crippen molar-refractivity contribution in [2.75, 3.05) is 7.11 Å². The van der Waals surface area contributed by atoms with Crippen LogP contribution in [0.4, 0.5) is 0 Å². The van der Waals surface area contributed by atoms with Crippen LogP contribution in [0.25, 0.3) is 10.9 Å². The van der Waals surface area contributed by atoms with Crippen LogP contribution in [0.1, 0.15) is 12.0 Å². The minimum absolute atomic E-state index is 0.0930. The van der Waals surface area contributed by atoms with Gasteiger partial charge >= 0.3 is 5.97 Å². The second-order valence-electron chi connectivity index (χ2n) is 7.12. The lowest BCUT2D eigenvalue weighted by molar-refractivity contribution is -0.136. The first-order valence-corrected chi connectivity index (χ1v) is 11.3. The number of methoxy groups -OCH3 is 1. The van der Waals surface area contributed by atoms with E-state index in [-0.39, 0.29) is 17.7 Å². The Kier molecular flexibility index (Phi) is 5.87. The van der Waals surface area contributed by atoms with E-state index in [2.05, 4.69) is 0 Å². The van der Waals surface area contributed by atoms with Crippen molar-refractivity contribution in [3.63, 3.8) is 0 Å². The molecule has 0 radical (unpaired) electrons. The number of carboxylic acid groups (broad SMARTS) is 1. The van der Waals surface area contributed by atoms with Gasteiger partial charge in [0.2, 0.25) is 0 Å². The van der Waals surface area contributed by atoms with Crippen LogP contribution in [-0.4, -0.2) is 30.6 Å². The Morgan fingerprint density at radius 1 is 0.938 bits per heavy atom. The van der Waals surface area contributed by atoms with Crippen molar-refractivity contribution < 1.29 is 27.8 Å². The maximum atomic E-state index is 13.4. The van der Waals surface area contributed by atoms with E-state index < -0.39 is 16.0 Å². The van der Waals surface area contributed by atoms with Crippen LogP contribution in [0.3, 0.4) is 0 Å². The second kappa shape index (κ2) is 8.76. The summed E-state index contributed by atoms with van der Waals surface area (Å²) < 4.78 is 39.0. The zero-order valence-corrected chi connectivity index (χ0v) is 18.1. The number of carboxylic acids is 1. The van der Waals surface area contributed by atoms with E-state index in [1.54, 1.807) is 30.3 Å². The van der Waals surface area contributed by atoms with Crippen LogP contribution >= 0.6 is 0 Å². The van der Waals surface area contributed by atoms with E-state index in [9.17, 15) is 13.2 Å². The molecule has 4 rings (SSSR count). The molecule has 0 unspecified atom stereocenters. The van der Waals surface area contributed by atoms with Crippen molar-refractivity contribution in [3.05, 3.63) is 84.6 Å². The van der Waals surface area contributed by atoms with Crippen molar-refractivity contribution >= 4 is 26.9 Å². The first-order valence-electron chi connectivity index (χ1n) is 9.87. The Hall–Kier alpha value is -3.78. The number of fused-ring (bicyclic) bond motifs is 1. The molecule has 1 N–H and O–H groups in total. The average Bonchev–Trinajstić information content (AvgIpc) is 3.17. The third-order valence-electron chi connectivity index (χ3n) is 5.03. The summed E-state index contributed by atoms with van der Waals surface area (Å²) in [5, 5.41) is 9.70. The third kappa shape index (κ3) is 4.31. The van der Waals surface area contributed by atoms with Crippen molar-refractivity contribution in [2.24, 2.45) is 0 Å². The Morgan fingerprint density at radius 3 is 2.25 bits per heavy atom. The quantitative estimate of drug-likeness (QED) is 0.417. The summed E-state index contributed by atoms with van der Waals surface area (Å²) in [6, 6.07) is 20.4. The van der Waals surface area contributed by atoms with Gasteiger partial charge in [-0.25, -0.2) is 12.4 Å². The zero-order chi connectivity index (χ0) is 22.7. The summed E-state index contributed by atoms with van der Waals surface area (Å²) in [5.74, 6) is 0.772. The summed E-state index contributed by atoms with van der Waals surface area (Å²) in [4.78, 5) is 11.2. The van der Waals surface area contributed by atoms with Gasteiger partial charge in [0.05, 0.1) is 17.5 Å². The number of carbonyl (C=O) groups is 1. The van der Waals surface area contributed by atoms with Crippen molar-refractivity contribution in [1.29, 1.82) is 0 Å². The molecule has 0 fully saturated rings. The van der Waals surface area contributed by atoms with Gasteiger partial charge in [0, 0.05) is 18.0 Å². The molecule has 1 aromatic heterocycles. The van der Waals surface area contributed by atoms with Gasteiger partial charge in [0.15, 0.2) is 0 Å². The highest BCUT2D eigenvalue weighted by molar-refractivity contribution is 7.90. The van der Waals surface area contributed by atoms with Gasteiger partial charge in [-0.05, 0) is 66.6 Å². The van der Waals surface area contributed by atoms with E-state index >= 15 is 0 Å². The molecule has 0 aliphatic carbocycles. The average molecular weight is 452 g/mol. The largest absolute Gasteiger partial charge is 0.497 e. The number of para-hydroxylation sites is 1. The molecule has 164 valence electrons. The molecule has 4 aromatic rings. The lowest BCUT2D eigenvalue weighted by Gasteiger charge is -2.10. The molecule has 32 heavy (non-hydrogen) atoms. The monoisotopic (exact) mass is 451 g/mol. The fraction of sp³-hybridized carbons (Fsp3) is 0.125. The molecule has 0 aliphatic rings. The maximum Gasteiger partial charge on any atom is 0.303 e. The number of nitrogens with zero attached hydrogens (tertiary/aromatic N) is 1. The standard InChI is InChI=1S/C24H21NO6S/c1-30-20-10-13-23-22(15-20)17(7-14-24(26)27)16-25(23)32(28,29)21-11-8-19(9-12-21)31-18-5-3-2-4-6-18/h2-6,8-13,15-16H,7,14H2,1H3,(H,26,27). The predicted octanol–water partition coefficient (Wildman–Crippen LogP) is 4.70. The Labute approximate surface area is 185 Å². The molecule has 0 amide bonds. The van der Waals surface area contributed by atoms with Crippen LogP contribution in [0, 0.1) is 0 Å². The number of rotatable bonds is 8. The number of aryl methyl sites for hydroxylation is 1. The molecular weight excluding hydrogens is 430 g/mol. The SMILES string of the molecule is COc1ccc2c(c1)c(CCC(=O)O)cn2S(=O)(=O)c1ccc(Oc2ccccc2)cc1. The molecule has 0 bridgehead atoms. The topological polar surface area (TPSA) is 94.8 Å². The number of hydrogen-bond donors (Lipinski definition) is 1. The van der Waals surface area contributed by atoms with E-state index in [0.717, 1.165) is 0 Å². The molecule has 1 heterocycles. The van der Waals surface area contributed by atoms with E-state index in [1.807, 2.05) is 30.3 Å². The minimum atomic E-state index is -3.92. The molecule has 0 aliphatic heterocycles. The van der Waals surface area contributed by atoms with E-state index in [0.29, 0.717) is 33.7 Å². The van der Waals surface area contributed by atoms with Gasteiger partial charge in [-0.15, -0.1) is 0 Å². The highest BCUT2D eigenvalue weighted by atomic mass is 32.2. The van der Waals surface area contributed by atoms with Gasteiger partial charge < -0.3 is 14.6 Å². The molecule has 8 heteroatoms. The summed E-state index contributed by atoms with van der Waals surface area (Å²) in [6.45, 7) is 0. The van der Waals surface area contributed by atoms with Gasteiger partial charge in [0.1, 0.15) is 17.2 Å². The fourth-order valence-electron chi connectivity index (χ4n) is 3.43. The first-order chi connectivity index (χ1) is 15.4. The number of aromatic nitrogens is 1. The van der Waals surface area contributed by atoms with Crippen molar-refractivity contribution in [3.8, 4) is 17.2 Å². The van der Waals surface area contributed by atoms with Crippen molar-refractivity contribution in [2.45, 2.75) is 17.7 Å². The highest BCUT2D eigenvalue weighted by Crippen LogP contribution is 2.31. The molecule has 0 atom stereocenters. The zero-order valence-electron chi connectivity index (χ0n) is 17.3. The second-order valence-corrected chi connectivity index (χ2v) is 8.93. The number of ether oxygens (including phenoxy) is 2. The minimum Gasteiger partial charge on any atom is -0.497 e. The third-order valence-corrected chi connectivity index (χ3v) is 6.72. The summed E-state index contributed by atoms with van der Waals surface area (Å²) in [6.07, 6.45) is 1.57. The van der Waals surface area contributed by atoms with Crippen LogP contribution in [-0.2, 0) is 21.2 Å². The molecule has 0 saturated carbocycles. The molecule has 0 spiro atoms. The molecule has 7 nitrogen and oxygen atoms in total. The van der Waals surface area contributed by atoms with Crippen LogP contribution in [0.15, 0.2) is 83.9 Å². The van der Waals surface area contributed by atoms with Gasteiger partial charge in [-0.2, -0.15) is 0 Å². The molecular formula is C24H21NO6S. The number of aliphatic carboxylic acids is 1. The Balaban J connectivity index is 1.71.